The molecule has 9 rings (SSSR count). The number of amides is 4. The molecule has 4 amide bonds. The summed E-state index contributed by atoms with van der Waals surface area (Å²) in [6.07, 6.45) is 4.33. The van der Waals surface area contributed by atoms with Crippen molar-refractivity contribution in [2.24, 2.45) is 16.7 Å². The van der Waals surface area contributed by atoms with E-state index in [9.17, 15) is 29.1 Å². The number of phenolic OH excluding ortho intramolecular Hbond substituents is 1. The Morgan fingerprint density at radius 3 is 2.53 bits per heavy atom. The number of hydrogen-bond acceptors (Lipinski definition) is 11. The highest BCUT2D eigenvalue weighted by Crippen LogP contribution is 2.44. The molecule has 5 aliphatic heterocycles. The second-order valence-corrected chi connectivity index (χ2v) is 20.8. The van der Waals surface area contributed by atoms with Crippen LogP contribution in [0.5, 0.6) is 5.75 Å². The number of carbonyl (C=O) groups excluding carboxylic acids is 5. The van der Waals surface area contributed by atoms with E-state index < -0.39 is 46.7 Å². The van der Waals surface area contributed by atoms with Gasteiger partial charge >= 0.3 is 5.97 Å². The molecule has 2 aromatic heterocycles. The first kappa shape index (κ1) is 47.2. The van der Waals surface area contributed by atoms with Gasteiger partial charge in [-0.05, 0) is 111 Å². The number of likely N-dealkylation sites (tertiary alicyclic amines) is 2. The average molecular weight is 931 g/mol. The summed E-state index contributed by atoms with van der Waals surface area (Å²) in [5.41, 5.74) is 8.89. The van der Waals surface area contributed by atoms with Gasteiger partial charge in [0.05, 0.1) is 35.6 Å². The molecule has 6 bridgehead atoms. The fourth-order valence-electron chi connectivity index (χ4n) is 11.1. The van der Waals surface area contributed by atoms with Crippen molar-refractivity contribution in [3.05, 3.63) is 71.5 Å². The summed E-state index contributed by atoms with van der Waals surface area (Å²) in [5, 5.41) is 19.9. The average Bonchev–Trinajstić information content (AvgIpc) is 4.12. The van der Waals surface area contributed by atoms with E-state index >= 15 is 0 Å². The Balaban J connectivity index is 1.10. The summed E-state index contributed by atoms with van der Waals surface area (Å²) in [6, 6.07) is 12.5. The third-order valence-corrected chi connectivity index (χ3v) is 14.7. The smallest absolute Gasteiger partial charge is 0.324 e. The highest BCUT2D eigenvalue weighted by molar-refractivity contribution is 5.97. The number of aromatic nitrogens is 2. The highest BCUT2D eigenvalue weighted by Gasteiger charge is 2.57. The number of rotatable bonds is 9. The summed E-state index contributed by atoms with van der Waals surface area (Å²) in [4.78, 5) is 79.0. The number of nitrogens with zero attached hydrogens (tertiary/aromatic N) is 5. The molecule has 5 atom stereocenters. The number of benzene rings is 2. The summed E-state index contributed by atoms with van der Waals surface area (Å²) >= 11 is 0. The van der Waals surface area contributed by atoms with Crippen molar-refractivity contribution in [3.8, 4) is 28.1 Å². The molecule has 362 valence electrons. The summed E-state index contributed by atoms with van der Waals surface area (Å²) in [6.45, 7) is 14.8. The monoisotopic (exact) mass is 931 g/mol. The predicted octanol–water partition coefficient (Wildman–Crippen LogP) is 4.90. The Labute approximate surface area is 398 Å². The van der Waals surface area contributed by atoms with Gasteiger partial charge in [0, 0.05) is 80.9 Å². The number of fused-ring (bicyclic) bond motifs is 6. The van der Waals surface area contributed by atoms with Crippen LogP contribution >= 0.6 is 0 Å². The van der Waals surface area contributed by atoms with E-state index in [1.54, 1.807) is 35.2 Å². The molecule has 4 saturated heterocycles. The van der Waals surface area contributed by atoms with Crippen molar-refractivity contribution in [1.82, 2.24) is 40.4 Å². The Morgan fingerprint density at radius 1 is 1.03 bits per heavy atom. The van der Waals surface area contributed by atoms with Gasteiger partial charge in [-0.3, -0.25) is 34.0 Å². The maximum Gasteiger partial charge on any atom is 0.324 e. The van der Waals surface area contributed by atoms with Crippen LogP contribution in [0.3, 0.4) is 0 Å². The van der Waals surface area contributed by atoms with Crippen molar-refractivity contribution in [1.29, 1.82) is 0 Å². The minimum Gasteiger partial charge on any atom is -0.508 e. The van der Waals surface area contributed by atoms with E-state index in [0.717, 1.165) is 44.5 Å². The van der Waals surface area contributed by atoms with E-state index in [1.807, 2.05) is 39.0 Å². The molecule has 4 fully saturated rings. The quantitative estimate of drug-likeness (QED) is 0.132. The number of aryl methyl sites for hydroxylation is 1. The standard InChI is InChI=1S/C52H66N8O8/c1-8-58-42-15-14-33-24-37(42)38(45(58)36-12-9-17-53-43(36)31(4)67-7)25-51(5,6)29-68-49(65)39-13-10-19-60(56-39)48(64)40(22-32-20-34(33)23-35(61)21-32)55-46(62)44(30(2)3)59-18-11-16-52(50(59)66)27-57(28-52)47(63)41-26-54-41/h9,12,14-15,17,20-21,23-24,30-31,39-41,44,54,56,61H,8,10-11,13,16,18-19,22,25-29H2,1-7H3,(H,55,62)/t31-,39-,40-,41-,44?/m0/s1. The van der Waals surface area contributed by atoms with Crippen LogP contribution in [0.15, 0.2) is 54.7 Å². The molecule has 2 aromatic carbocycles. The molecule has 4 N–H and O–H groups in total. The number of hydrogen-bond donors (Lipinski definition) is 4. The number of nitrogens with one attached hydrogen (secondary N) is 3. The molecule has 16 nitrogen and oxygen atoms in total. The van der Waals surface area contributed by atoms with Crippen LogP contribution < -0.4 is 16.1 Å². The molecule has 5 aliphatic rings. The Hall–Kier alpha value is -5.84. The third kappa shape index (κ3) is 8.98. The highest BCUT2D eigenvalue weighted by atomic mass is 16.5. The number of aromatic hydroxyl groups is 1. The molecular weight excluding hydrogens is 865 g/mol. The first-order valence-corrected chi connectivity index (χ1v) is 24.4. The summed E-state index contributed by atoms with van der Waals surface area (Å²) in [7, 11) is 1.68. The second-order valence-electron chi connectivity index (χ2n) is 20.8. The van der Waals surface area contributed by atoms with Gasteiger partial charge in [-0.15, -0.1) is 0 Å². The molecule has 0 aliphatic carbocycles. The van der Waals surface area contributed by atoms with Crippen LogP contribution in [0.25, 0.3) is 33.3 Å². The topological polar surface area (TPSA) is 198 Å². The van der Waals surface area contributed by atoms with Crippen LogP contribution in [-0.2, 0) is 52.8 Å². The van der Waals surface area contributed by atoms with Gasteiger partial charge in [0.25, 0.3) is 5.91 Å². The zero-order chi connectivity index (χ0) is 48.2. The third-order valence-electron chi connectivity index (χ3n) is 14.7. The molecule has 0 radical (unpaired) electrons. The number of methoxy groups -OCH3 is 1. The van der Waals surface area contributed by atoms with E-state index in [2.05, 4.69) is 59.6 Å². The van der Waals surface area contributed by atoms with Crippen LogP contribution in [0, 0.1) is 16.7 Å². The number of phenols is 1. The lowest BCUT2D eigenvalue weighted by molar-refractivity contribution is -0.170. The number of pyridine rings is 1. The summed E-state index contributed by atoms with van der Waals surface area (Å²) in [5.74, 6) is -1.85. The van der Waals surface area contributed by atoms with Crippen LogP contribution in [0.2, 0.25) is 0 Å². The molecule has 1 unspecified atom stereocenters. The van der Waals surface area contributed by atoms with E-state index in [1.165, 1.54) is 5.01 Å². The number of cyclic esters (lactones) is 1. The van der Waals surface area contributed by atoms with Gasteiger partial charge in [-0.2, -0.15) is 0 Å². The zero-order valence-electron chi connectivity index (χ0n) is 40.4. The van der Waals surface area contributed by atoms with Crippen molar-refractivity contribution >= 4 is 40.5 Å². The van der Waals surface area contributed by atoms with Gasteiger partial charge in [0.15, 0.2) is 0 Å². The fourth-order valence-corrected chi connectivity index (χ4v) is 11.1. The zero-order valence-corrected chi connectivity index (χ0v) is 40.4. The number of ether oxygens (including phenoxy) is 2. The molecular formula is C52H66N8O8. The first-order valence-electron chi connectivity index (χ1n) is 24.4. The lowest BCUT2D eigenvalue weighted by atomic mass is 9.71. The normalized spacial score (nSPS) is 23.5. The fraction of sp³-hybridized carbons (Fsp3) is 0.538. The van der Waals surface area contributed by atoms with Crippen molar-refractivity contribution < 1.29 is 38.6 Å². The van der Waals surface area contributed by atoms with Crippen LogP contribution in [-0.4, -0.2) is 130 Å². The van der Waals surface area contributed by atoms with Gasteiger partial charge < -0.3 is 39.6 Å². The van der Waals surface area contributed by atoms with Crippen molar-refractivity contribution in [3.63, 3.8) is 0 Å². The summed E-state index contributed by atoms with van der Waals surface area (Å²) < 4.78 is 14.2. The molecule has 4 aromatic rings. The van der Waals surface area contributed by atoms with Gasteiger partial charge in [-0.25, -0.2) is 5.43 Å². The number of piperidine rings is 1. The van der Waals surface area contributed by atoms with Gasteiger partial charge in [-0.1, -0.05) is 39.8 Å². The van der Waals surface area contributed by atoms with Crippen molar-refractivity contribution in [2.45, 2.75) is 117 Å². The van der Waals surface area contributed by atoms with Crippen LogP contribution in [0.1, 0.15) is 90.2 Å². The largest absolute Gasteiger partial charge is 0.508 e. The predicted molar refractivity (Wildman–Crippen MR) is 256 cm³/mol. The molecule has 0 saturated carbocycles. The maximum absolute atomic E-state index is 14.8. The van der Waals surface area contributed by atoms with Gasteiger partial charge in [0.2, 0.25) is 17.7 Å². The maximum atomic E-state index is 14.8. The van der Waals surface area contributed by atoms with E-state index in [-0.39, 0.29) is 55.2 Å². The van der Waals surface area contributed by atoms with E-state index in [4.69, 9.17) is 14.5 Å². The SMILES string of the molecule is CCn1c(-c2cccnc2[C@H](C)OC)c2c3cc(ccc31)-c1cc(O)cc(c1)C[C@H](NC(=O)C(C(C)C)N1CCCC3(CN(C(=O)[C@@H]4CN4)C3)C1=O)C(=O)N1CCC[C@H](N1)C(=O)OCC(C)(C)C2. The molecule has 68 heavy (non-hydrogen) atoms. The minimum absolute atomic E-state index is 0.0000725. The lowest BCUT2D eigenvalue weighted by Crippen LogP contribution is -2.70. The number of hydrazine groups is 1. The Kier molecular flexibility index (Phi) is 12.9. The second kappa shape index (κ2) is 18.6. The number of carbonyl (C=O) groups is 5. The van der Waals surface area contributed by atoms with Crippen molar-refractivity contribution in [2.75, 3.05) is 46.4 Å². The van der Waals surface area contributed by atoms with E-state index in [0.29, 0.717) is 70.4 Å². The Morgan fingerprint density at radius 2 is 1.81 bits per heavy atom. The first-order chi connectivity index (χ1) is 32.5. The Bertz CT molecular complexity index is 2630. The lowest BCUT2D eigenvalue weighted by Gasteiger charge is -2.54. The number of esters is 1. The molecule has 16 heteroatoms. The van der Waals surface area contributed by atoms with Gasteiger partial charge in [0.1, 0.15) is 23.9 Å². The van der Waals surface area contributed by atoms with Crippen LogP contribution in [0.4, 0.5) is 0 Å². The molecule has 7 heterocycles. The molecule has 1 spiro atoms. The minimum atomic E-state index is -1.14.